The molecule has 0 saturated carbocycles. The summed E-state index contributed by atoms with van der Waals surface area (Å²) >= 11 is 1.81. The number of carbonyl (C=O) groups excluding carboxylic acids is 1. The maximum atomic E-state index is 11.9. The van der Waals surface area contributed by atoms with E-state index in [0.717, 1.165) is 17.1 Å². The van der Waals surface area contributed by atoms with Crippen molar-refractivity contribution >= 4 is 17.7 Å². The van der Waals surface area contributed by atoms with Crippen molar-refractivity contribution in [2.45, 2.75) is 23.9 Å². The number of hydrogen-bond donors (Lipinski definition) is 0. The highest BCUT2D eigenvalue weighted by molar-refractivity contribution is 7.99. The zero-order chi connectivity index (χ0) is 15.4. The highest BCUT2D eigenvalue weighted by Gasteiger charge is 2.35. The fourth-order valence-corrected chi connectivity index (χ4v) is 3.56. The van der Waals surface area contributed by atoms with Gasteiger partial charge in [-0.2, -0.15) is 0 Å². The van der Waals surface area contributed by atoms with Gasteiger partial charge in [-0.1, -0.05) is 30.3 Å². The van der Waals surface area contributed by atoms with Crippen LogP contribution in [-0.4, -0.2) is 29.7 Å². The fourth-order valence-electron chi connectivity index (χ4n) is 2.52. The first-order valence-electron chi connectivity index (χ1n) is 7.36. The monoisotopic (exact) mass is 313 g/mol. The first-order chi connectivity index (χ1) is 10.8. The molecule has 0 bridgehead atoms. The molecule has 1 aliphatic rings. The van der Waals surface area contributed by atoms with Crippen molar-refractivity contribution in [2.75, 3.05) is 12.9 Å². The molecular weight excluding hydrogens is 294 g/mol. The van der Waals surface area contributed by atoms with Gasteiger partial charge in [-0.15, -0.1) is 11.8 Å². The zero-order valence-electron chi connectivity index (χ0n) is 12.6. The van der Waals surface area contributed by atoms with E-state index in [0.29, 0.717) is 19.0 Å². The maximum absolute atomic E-state index is 11.9. The van der Waals surface area contributed by atoms with E-state index >= 15 is 0 Å². The molecule has 2 aromatic rings. The molecule has 0 aliphatic carbocycles. The Morgan fingerprint density at radius 3 is 2.50 bits per heavy atom. The molecule has 0 spiro atoms. The lowest BCUT2D eigenvalue weighted by Crippen LogP contribution is -2.53. The van der Waals surface area contributed by atoms with Crippen LogP contribution in [0, 0.1) is 0 Å². The Bertz CT molecular complexity index is 627. The smallest absolute Gasteiger partial charge is 0.225 e. The Hall–Kier alpha value is -1.94. The molecule has 3 rings (SSSR count). The summed E-state index contributed by atoms with van der Waals surface area (Å²) in [6.45, 7) is 0.683. The van der Waals surface area contributed by atoms with Gasteiger partial charge in [0.1, 0.15) is 5.75 Å². The fraction of sp³-hybridized carbons (Fsp3) is 0.278. The zero-order valence-corrected chi connectivity index (χ0v) is 13.4. The molecule has 0 N–H and O–H groups in total. The predicted octanol–water partition coefficient (Wildman–Crippen LogP) is 3.59. The van der Waals surface area contributed by atoms with Gasteiger partial charge in [0.15, 0.2) is 0 Å². The minimum atomic E-state index is 0.245. The van der Waals surface area contributed by atoms with Crippen LogP contribution in [0.4, 0.5) is 0 Å². The summed E-state index contributed by atoms with van der Waals surface area (Å²) in [5, 5.41) is 0. The Kier molecular flexibility index (Phi) is 4.68. The molecule has 1 saturated heterocycles. The van der Waals surface area contributed by atoms with E-state index in [2.05, 4.69) is 12.1 Å². The van der Waals surface area contributed by atoms with Crippen LogP contribution in [0.3, 0.4) is 0 Å². The minimum Gasteiger partial charge on any atom is -0.497 e. The van der Waals surface area contributed by atoms with Crippen molar-refractivity contribution in [2.24, 2.45) is 0 Å². The van der Waals surface area contributed by atoms with Gasteiger partial charge in [0.2, 0.25) is 5.91 Å². The average molecular weight is 313 g/mol. The van der Waals surface area contributed by atoms with Crippen LogP contribution in [0.1, 0.15) is 12.0 Å². The van der Waals surface area contributed by atoms with Crippen LogP contribution < -0.4 is 4.74 Å². The highest BCUT2D eigenvalue weighted by atomic mass is 32.2. The molecule has 1 fully saturated rings. The minimum absolute atomic E-state index is 0.245. The third-order valence-corrected chi connectivity index (χ3v) is 5.03. The lowest BCUT2D eigenvalue weighted by atomic mass is 10.0. The number of benzene rings is 2. The van der Waals surface area contributed by atoms with Crippen molar-refractivity contribution in [3.05, 3.63) is 60.2 Å². The number of likely N-dealkylation sites (tertiary alicyclic amines) is 1. The molecule has 22 heavy (non-hydrogen) atoms. The summed E-state index contributed by atoms with van der Waals surface area (Å²) in [6.07, 6.45) is 0.663. The van der Waals surface area contributed by atoms with Gasteiger partial charge in [0.25, 0.3) is 0 Å². The topological polar surface area (TPSA) is 29.5 Å². The standard InChI is InChI=1S/C18H19NO2S/c1-21-16-9-7-14(8-10-16)12-19-15(11-18(19)20)13-22-17-5-3-2-4-6-17/h2-10,15H,11-13H2,1H3. The van der Waals surface area contributed by atoms with Crippen molar-refractivity contribution in [1.29, 1.82) is 0 Å². The van der Waals surface area contributed by atoms with Crippen molar-refractivity contribution in [3.8, 4) is 5.75 Å². The summed E-state index contributed by atoms with van der Waals surface area (Å²) in [5.74, 6) is 2.04. The number of nitrogens with zero attached hydrogens (tertiary/aromatic N) is 1. The normalized spacial score (nSPS) is 17.2. The Morgan fingerprint density at radius 1 is 1.14 bits per heavy atom. The van der Waals surface area contributed by atoms with Crippen LogP contribution in [-0.2, 0) is 11.3 Å². The van der Waals surface area contributed by atoms with E-state index in [-0.39, 0.29) is 5.91 Å². The van der Waals surface area contributed by atoms with Gasteiger partial charge in [0.05, 0.1) is 13.2 Å². The highest BCUT2D eigenvalue weighted by Crippen LogP contribution is 2.28. The Morgan fingerprint density at radius 2 is 1.86 bits per heavy atom. The summed E-state index contributed by atoms with van der Waals surface area (Å²) in [7, 11) is 1.66. The molecule has 114 valence electrons. The summed E-state index contributed by atoms with van der Waals surface area (Å²) in [4.78, 5) is 15.1. The summed E-state index contributed by atoms with van der Waals surface area (Å²) < 4.78 is 5.16. The van der Waals surface area contributed by atoms with Crippen molar-refractivity contribution < 1.29 is 9.53 Å². The van der Waals surface area contributed by atoms with E-state index in [9.17, 15) is 4.79 Å². The second kappa shape index (κ2) is 6.88. The van der Waals surface area contributed by atoms with Gasteiger partial charge >= 0.3 is 0 Å². The first-order valence-corrected chi connectivity index (χ1v) is 8.35. The van der Waals surface area contributed by atoms with Gasteiger partial charge in [-0.25, -0.2) is 0 Å². The van der Waals surface area contributed by atoms with Crippen molar-refractivity contribution in [1.82, 2.24) is 4.90 Å². The van der Waals surface area contributed by atoms with Crippen LogP contribution in [0.5, 0.6) is 5.75 Å². The Labute approximate surface area is 135 Å². The number of methoxy groups -OCH3 is 1. The number of amides is 1. The third-order valence-electron chi connectivity index (χ3n) is 3.87. The van der Waals surface area contributed by atoms with E-state index in [4.69, 9.17) is 4.74 Å². The Balaban J connectivity index is 1.56. The van der Waals surface area contributed by atoms with Gasteiger partial charge < -0.3 is 9.64 Å². The maximum Gasteiger partial charge on any atom is 0.225 e. The van der Waals surface area contributed by atoms with Gasteiger partial charge in [0, 0.05) is 23.6 Å². The quantitative estimate of drug-likeness (QED) is 0.603. The van der Waals surface area contributed by atoms with E-state index in [1.807, 2.05) is 59.1 Å². The lowest BCUT2D eigenvalue weighted by Gasteiger charge is -2.40. The van der Waals surface area contributed by atoms with Crippen LogP contribution in [0.2, 0.25) is 0 Å². The van der Waals surface area contributed by atoms with Crippen LogP contribution >= 0.6 is 11.8 Å². The van der Waals surface area contributed by atoms with Gasteiger partial charge in [-0.05, 0) is 29.8 Å². The second-order valence-corrected chi connectivity index (χ2v) is 6.45. The van der Waals surface area contributed by atoms with Crippen LogP contribution in [0.25, 0.3) is 0 Å². The number of rotatable bonds is 6. The molecule has 1 amide bonds. The number of carbonyl (C=O) groups is 1. The predicted molar refractivity (Wildman–Crippen MR) is 89.1 cm³/mol. The van der Waals surface area contributed by atoms with E-state index < -0.39 is 0 Å². The lowest BCUT2D eigenvalue weighted by molar-refractivity contribution is -0.145. The molecule has 3 nitrogen and oxygen atoms in total. The molecule has 0 radical (unpaired) electrons. The molecule has 2 aromatic carbocycles. The third kappa shape index (κ3) is 3.45. The SMILES string of the molecule is COc1ccc(CN2C(=O)CC2CSc2ccccc2)cc1. The molecule has 1 aliphatic heterocycles. The number of ether oxygens (including phenoxy) is 1. The van der Waals surface area contributed by atoms with Crippen molar-refractivity contribution in [3.63, 3.8) is 0 Å². The van der Waals surface area contributed by atoms with Crippen LogP contribution in [0.15, 0.2) is 59.5 Å². The van der Waals surface area contributed by atoms with E-state index in [1.54, 1.807) is 7.11 Å². The summed E-state index contributed by atoms with van der Waals surface area (Å²) in [5.41, 5.74) is 1.14. The van der Waals surface area contributed by atoms with E-state index in [1.165, 1.54) is 4.90 Å². The van der Waals surface area contributed by atoms with Gasteiger partial charge in [-0.3, -0.25) is 4.79 Å². The number of hydrogen-bond acceptors (Lipinski definition) is 3. The second-order valence-electron chi connectivity index (χ2n) is 5.35. The molecule has 0 aromatic heterocycles. The molecular formula is C18H19NO2S. The number of thioether (sulfide) groups is 1. The first kappa shape index (κ1) is 15.0. The largest absolute Gasteiger partial charge is 0.497 e. The number of β-lactam (4-membered cyclic amide) rings is 1. The molecule has 4 heteroatoms. The molecule has 1 unspecified atom stereocenters. The summed E-state index contributed by atoms with van der Waals surface area (Å²) in [6, 6.07) is 18.6. The molecule has 1 heterocycles. The average Bonchev–Trinajstić information content (AvgIpc) is 2.58. The molecule has 1 atom stereocenters.